The molecule has 96 valence electrons. The third-order valence-electron chi connectivity index (χ3n) is 2.11. The fraction of sp³-hybridized carbons (Fsp3) is 0.231. The molecule has 0 fully saturated rings. The van der Waals surface area contributed by atoms with Gasteiger partial charge in [0.15, 0.2) is 5.71 Å². The van der Waals surface area contributed by atoms with E-state index < -0.39 is 5.97 Å². The normalized spacial score (nSPS) is 11.6. The van der Waals surface area contributed by atoms with Gasteiger partial charge in [-0.2, -0.15) is 0 Å². The van der Waals surface area contributed by atoms with Crippen molar-refractivity contribution in [3.8, 4) is 5.75 Å². The maximum absolute atomic E-state index is 10.4. The second-order valence-corrected chi connectivity index (χ2v) is 3.45. The van der Waals surface area contributed by atoms with Crippen LogP contribution in [0.25, 0.3) is 6.08 Å². The molecular weight excluding hydrogens is 234 g/mol. The fourth-order valence-corrected chi connectivity index (χ4v) is 1.12. The van der Waals surface area contributed by atoms with Crippen molar-refractivity contribution in [1.82, 2.24) is 0 Å². The summed E-state index contributed by atoms with van der Waals surface area (Å²) in [5, 5.41) is 12.0. The lowest BCUT2D eigenvalue weighted by atomic mass is 10.2. The SMILES string of the molecule is COc1ccc(C=CCON=C(C)C(=O)O)cc1. The number of methoxy groups -OCH3 is 1. The van der Waals surface area contributed by atoms with E-state index in [0.717, 1.165) is 11.3 Å². The first-order valence-corrected chi connectivity index (χ1v) is 5.34. The van der Waals surface area contributed by atoms with Crippen molar-refractivity contribution >= 4 is 17.8 Å². The van der Waals surface area contributed by atoms with Crippen molar-refractivity contribution in [2.45, 2.75) is 6.92 Å². The topological polar surface area (TPSA) is 68.1 Å². The zero-order valence-electron chi connectivity index (χ0n) is 10.3. The van der Waals surface area contributed by atoms with Crippen LogP contribution >= 0.6 is 0 Å². The number of benzene rings is 1. The van der Waals surface area contributed by atoms with Crippen molar-refractivity contribution in [2.75, 3.05) is 13.7 Å². The van der Waals surface area contributed by atoms with Gasteiger partial charge in [0.25, 0.3) is 0 Å². The summed E-state index contributed by atoms with van der Waals surface area (Å²) in [5.74, 6) is -0.292. The number of hydrogen-bond acceptors (Lipinski definition) is 4. The van der Waals surface area contributed by atoms with E-state index in [2.05, 4.69) is 5.16 Å². The molecule has 1 N–H and O–H groups in total. The maximum Gasteiger partial charge on any atom is 0.353 e. The molecule has 0 heterocycles. The van der Waals surface area contributed by atoms with Crippen LogP contribution in [0.2, 0.25) is 0 Å². The van der Waals surface area contributed by atoms with Gasteiger partial charge in [-0.15, -0.1) is 0 Å². The van der Waals surface area contributed by atoms with Crippen LogP contribution in [0.5, 0.6) is 5.75 Å². The Bertz CT molecular complexity index is 449. The zero-order chi connectivity index (χ0) is 13.4. The molecule has 5 heteroatoms. The Kier molecular flexibility index (Phi) is 5.44. The van der Waals surface area contributed by atoms with Crippen LogP contribution in [-0.4, -0.2) is 30.5 Å². The molecule has 0 saturated heterocycles. The molecular formula is C13H15NO4. The third kappa shape index (κ3) is 4.69. The minimum absolute atomic E-state index is 0.0761. The minimum atomic E-state index is -1.09. The summed E-state index contributed by atoms with van der Waals surface area (Å²) in [4.78, 5) is 15.2. The number of carboxylic acids is 1. The molecule has 0 atom stereocenters. The van der Waals surface area contributed by atoms with E-state index in [0.29, 0.717) is 0 Å². The van der Waals surface area contributed by atoms with Gasteiger partial charge in [0, 0.05) is 0 Å². The molecule has 0 aliphatic rings. The van der Waals surface area contributed by atoms with E-state index >= 15 is 0 Å². The van der Waals surface area contributed by atoms with E-state index in [-0.39, 0.29) is 12.3 Å². The lowest BCUT2D eigenvalue weighted by molar-refractivity contribution is -0.129. The van der Waals surface area contributed by atoms with E-state index in [1.54, 1.807) is 13.2 Å². The molecule has 5 nitrogen and oxygen atoms in total. The number of oxime groups is 1. The average Bonchev–Trinajstić information content (AvgIpc) is 2.38. The van der Waals surface area contributed by atoms with Crippen LogP contribution in [-0.2, 0) is 9.63 Å². The van der Waals surface area contributed by atoms with Crippen LogP contribution in [0.15, 0.2) is 35.5 Å². The van der Waals surface area contributed by atoms with Crippen molar-refractivity contribution in [2.24, 2.45) is 5.16 Å². The average molecular weight is 249 g/mol. The summed E-state index contributed by atoms with van der Waals surface area (Å²) in [6.45, 7) is 1.59. The van der Waals surface area contributed by atoms with Crippen molar-refractivity contribution in [3.05, 3.63) is 35.9 Å². The minimum Gasteiger partial charge on any atom is -0.497 e. The first kappa shape index (κ1) is 13.8. The molecule has 1 aromatic rings. The standard InChI is InChI=1S/C13H15NO4/c1-10(13(15)16)14-18-9-3-4-11-5-7-12(17-2)8-6-11/h3-8H,9H2,1-2H3,(H,15,16). The lowest BCUT2D eigenvalue weighted by Crippen LogP contribution is -2.08. The number of aliphatic carboxylic acids is 1. The van der Waals surface area contributed by atoms with Crippen LogP contribution in [0.3, 0.4) is 0 Å². The monoisotopic (exact) mass is 249 g/mol. The summed E-state index contributed by atoms with van der Waals surface area (Å²) >= 11 is 0. The molecule has 0 aliphatic carbocycles. The molecule has 1 aromatic carbocycles. The molecule has 0 spiro atoms. The second-order valence-electron chi connectivity index (χ2n) is 3.45. The molecule has 0 bridgehead atoms. The summed E-state index contributed by atoms with van der Waals surface area (Å²) < 4.78 is 5.04. The maximum atomic E-state index is 10.4. The Hall–Kier alpha value is -2.30. The predicted octanol–water partition coefficient (Wildman–Crippen LogP) is 2.19. The van der Waals surface area contributed by atoms with Gasteiger partial charge >= 0.3 is 5.97 Å². The van der Waals surface area contributed by atoms with Crippen LogP contribution in [0, 0.1) is 0 Å². The molecule has 18 heavy (non-hydrogen) atoms. The van der Waals surface area contributed by atoms with Gasteiger partial charge in [0.05, 0.1) is 7.11 Å². The Morgan fingerprint density at radius 3 is 2.61 bits per heavy atom. The summed E-state index contributed by atoms with van der Waals surface area (Å²) in [6.07, 6.45) is 3.60. The molecule has 0 aromatic heterocycles. The zero-order valence-corrected chi connectivity index (χ0v) is 10.3. The fourth-order valence-electron chi connectivity index (χ4n) is 1.12. The summed E-state index contributed by atoms with van der Waals surface area (Å²) in [5.41, 5.74) is 0.922. The highest BCUT2D eigenvalue weighted by Crippen LogP contribution is 2.12. The first-order valence-electron chi connectivity index (χ1n) is 5.34. The van der Waals surface area contributed by atoms with Gasteiger partial charge in [-0.25, -0.2) is 4.79 Å². The Labute approximate surface area is 105 Å². The highest BCUT2D eigenvalue weighted by molar-refractivity contribution is 6.34. The quantitative estimate of drug-likeness (QED) is 0.476. The van der Waals surface area contributed by atoms with Gasteiger partial charge < -0.3 is 14.7 Å². The highest BCUT2D eigenvalue weighted by Gasteiger charge is 2.00. The van der Waals surface area contributed by atoms with Crippen molar-refractivity contribution in [3.63, 3.8) is 0 Å². The Morgan fingerprint density at radius 2 is 2.06 bits per heavy atom. The molecule has 1 rings (SSSR count). The van der Waals surface area contributed by atoms with Crippen LogP contribution in [0.1, 0.15) is 12.5 Å². The van der Waals surface area contributed by atoms with Gasteiger partial charge in [0.1, 0.15) is 12.4 Å². The van der Waals surface area contributed by atoms with E-state index in [1.807, 2.05) is 30.3 Å². The molecule has 0 aliphatic heterocycles. The van der Waals surface area contributed by atoms with E-state index in [9.17, 15) is 4.79 Å². The Balaban J connectivity index is 2.41. The molecule has 0 radical (unpaired) electrons. The molecule has 0 amide bonds. The van der Waals surface area contributed by atoms with Gasteiger partial charge in [-0.3, -0.25) is 0 Å². The number of nitrogens with zero attached hydrogens (tertiary/aromatic N) is 1. The van der Waals surface area contributed by atoms with E-state index in [1.165, 1.54) is 6.92 Å². The largest absolute Gasteiger partial charge is 0.497 e. The number of rotatable bonds is 6. The number of carbonyl (C=O) groups is 1. The summed E-state index contributed by atoms with van der Waals surface area (Å²) in [7, 11) is 1.61. The van der Waals surface area contributed by atoms with Crippen molar-refractivity contribution in [1.29, 1.82) is 0 Å². The third-order valence-corrected chi connectivity index (χ3v) is 2.11. The van der Waals surface area contributed by atoms with Crippen LogP contribution < -0.4 is 4.74 Å². The van der Waals surface area contributed by atoms with Gasteiger partial charge in [-0.1, -0.05) is 23.4 Å². The van der Waals surface area contributed by atoms with Gasteiger partial charge in [-0.05, 0) is 30.7 Å². The second kappa shape index (κ2) is 7.11. The predicted molar refractivity (Wildman–Crippen MR) is 68.7 cm³/mol. The first-order chi connectivity index (χ1) is 8.63. The van der Waals surface area contributed by atoms with E-state index in [4.69, 9.17) is 14.7 Å². The van der Waals surface area contributed by atoms with Gasteiger partial charge in [0.2, 0.25) is 0 Å². The lowest BCUT2D eigenvalue weighted by Gasteiger charge is -1.99. The Morgan fingerprint density at radius 1 is 1.39 bits per heavy atom. The summed E-state index contributed by atoms with van der Waals surface area (Å²) in [6, 6.07) is 7.52. The van der Waals surface area contributed by atoms with Crippen LogP contribution in [0.4, 0.5) is 0 Å². The number of hydrogen-bond donors (Lipinski definition) is 1. The number of ether oxygens (including phenoxy) is 1. The smallest absolute Gasteiger partial charge is 0.353 e. The molecule has 0 saturated carbocycles. The number of carboxylic acid groups (broad SMARTS) is 1. The molecule has 0 unspecified atom stereocenters. The highest BCUT2D eigenvalue weighted by atomic mass is 16.6. The van der Waals surface area contributed by atoms with Crippen molar-refractivity contribution < 1.29 is 19.5 Å².